The molecule has 5 nitrogen and oxygen atoms in total. The number of fused-ring (bicyclic) bond motifs is 3. The van der Waals surface area contributed by atoms with E-state index in [1.165, 1.54) is 11.1 Å². The molecule has 0 atom stereocenters. The quantitative estimate of drug-likeness (QED) is 0.119. The largest absolute Gasteiger partial charge is 2.00 e. The van der Waals surface area contributed by atoms with Crippen molar-refractivity contribution in [2.45, 2.75) is 27.7 Å². The SMILES string of the molecule is Cc1cc(Oc2[c-]c3c(cc2)c2ccccc2n3-c2cc(C)ccn2)[c-]c(-n2nc(C)c(-c3c(-c4ccccc4)cccc3-c3ccccc3)c2C)c1.[Pd+2]. The van der Waals surface area contributed by atoms with Crippen LogP contribution < -0.4 is 4.74 Å². The number of pyridine rings is 1. The summed E-state index contributed by atoms with van der Waals surface area (Å²) in [6.45, 7) is 8.39. The van der Waals surface area contributed by atoms with Crippen molar-refractivity contribution < 1.29 is 25.2 Å². The van der Waals surface area contributed by atoms with Crippen LogP contribution in [0.4, 0.5) is 0 Å². The summed E-state index contributed by atoms with van der Waals surface area (Å²) < 4.78 is 10.7. The molecule has 0 aliphatic rings. The van der Waals surface area contributed by atoms with Crippen molar-refractivity contribution in [3.05, 3.63) is 180 Å². The smallest absolute Gasteiger partial charge is 0.509 e. The molecule has 6 heteroatoms. The van der Waals surface area contributed by atoms with E-state index in [1.807, 2.05) is 29.1 Å². The van der Waals surface area contributed by atoms with Crippen LogP contribution in [-0.4, -0.2) is 19.3 Å². The normalized spacial score (nSPS) is 11.2. The topological polar surface area (TPSA) is 44.9 Å². The van der Waals surface area contributed by atoms with Gasteiger partial charge in [0.1, 0.15) is 5.82 Å². The van der Waals surface area contributed by atoms with Crippen LogP contribution in [-0.2, 0) is 20.4 Å². The second-order valence-electron chi connectivity index (χ2n) is 13.6. The number of aromatic nitrogens is 4. The zero-order valence-electron chi connectivity index (χ0n) is 30.4. The van der Waals surface area contributed by atoms with Crippen molar-refractivity contribution >= 4 is 21.8 Å². The van der Waals surface area contributed by atoms with Gasteiger partial charge in [-0.3, -0.25) is 4.68 Å². The van der Waals surface area contributed by atoms with E-state index in [9.17, 15) is 0 Å². The molecule has 0 radical (unpaired) electrons. The van der Waals surface area contributed by atoms with Gasteiger partial charge in [-0.05, 0) is 77.9 Å². The zero-order valence-corrected chi connectivity index (χ0v) is 31.9. The number of benzene rings is 6. The van der Waals surface area contributed by atoms with Crippen molar-refractivity contribution in [2.24, 2.45) is 0 Å². The molecule has 3 aromatic heterocycles. The molecule has 3 heterocycles. The summed E-state index contributed by atoms with van der Waals surface area (Å²) in [4.78, 5) is 4.72. The van der Waals surface area contributed by atoms with Crippen LogP contribution in [0.15, 0.2) is 146 Å². The summed E-state index contributed by atoms with van der Waals surface area (Å²) in [7, 11) is 0. The molecule has 0 amide bonds. The van der Waals surface area contributed by atoms with Gasteiger partial charge in [0.2, 0.25) is 0 Å². The number of ether oxygens (including phenoxy) is 1. The molecule has 0 fully saturated rings. The fraction of sp³-hybridized carbons (Fsp3) is 0.0833. The van der Waals surface area contributed by atoms with E-state index < -0.39 is 0 Å². The molecule has 0 aliphatic carbocycles. The molecule has 0 unspecified atom stereocenters. The molecule has 0 bridgehead atoms. The molecule has 0 aliphatic heterocycles. The maximum absolute atomic E-state index is 6.57. The maximum atomic E-state index is 6.57. The Bertz CT molecular complexity index is 2740. The first kappa shape index (κ1) is 35.0. The summed E-state index contributed by atoms with van der Waals surface area (Å²) in [6.07, 6.45) is 1.85. The van der Waals surface area contributed by atoms with Crippen LogP contribution in [0.2, 0.25) is 0 Å². The third kappa shape index (κ3) is 6.24. The third-order valence-corrected chi connectivity index (χ3v) is 9.88. The molecule has 0 saturated heterocycles. The Balaban J connectivity index is 0.00000413. The summed E-state index contributed by atoms with van der Waals surface area (Å²) in [6, 6.07) is 55.5. The molecule has 9 aromatic rings. The number of hydrogen-bond acceptors (Lipinski definition) is 3. The van der Waals surface area contributed by atoms with Gasteiger partial charge in [-0.2, -0.15) is 16.7 Å². The van der Waals surface area contributed by atoms with Gasteiger partial charge in [0, 0.05) is 40.0 Å². The molecule has 0 spiro atoms. The standard InChI is InChI=1S/C48H36N4O.Pd/c1-31-24-25-49-46(28-31)51-44-21-12-11-18-42(44)43-23-22-38(30-45(43)51)53-39-27-32(2)26-37(29-39)52-34(4)47(33(3)50-52)48-40(35-14-7-5-8-15-35)19-13-20-41(48)36-16-9-6-10-17-36;/h5-28H,1-4H3;/q-2;+2. The molecule has 0 N–H and O–H groups in total. The molecular formula is C48H36N4OPd. The summed E-state index contributed by atoms with van der Waals surface area (Å²) >= 11 is 0. The van der Waals surface area contributed by atoms with Crippen LogP contribution in [0.25, 0.3) is 66.7 Å². The van der Waals surface area contributed by atoms with E-state index in [0.717, 1.165) is 78.1 Å². The summed E-state index contributed by atoms with van der Waals surface area (Å²) in [5.41, 5.74) is 13.9. The molecule has 264 valence electrons. The number of rotatable bonds is 7. The van der Waals surface area contributed by atoms with Crippen LogP contribution >= 0.6 is 0 Å². The van der Waals surface area contributed by atoms with E-state index in [1.54, 1.807) is 0 Å². The van der Waals surface area contributed by atoms with E-state index >= 15 is 0 Å². The predicted molar refractivity (Wildman–Crippen MR) is 215 cm³/mol. The van der Waals surface area contributed by atoms with Gasteiger partial charge in [0.05, 0.1) is 5.69 Å². The number of aryl methyl sites for hydroxylation is 3. The maximum Gasteiger partial charge on any atom is 2.00 e. The van der Waals surface area contributed by atoms with Gasteiger partial charge in [-0.25, -0.2) is 4.98 Å². The summed E-state index contributed by atoms with van der Waals surface area (Å²) in [5.74, 6) is 2.04. The monoisotopic (exact) mass is 790 g/mol. The fourth-order valence-electron chi connectivity index (χ4n) is 7.54. The molecule has 9 rings (SSSR count). The molecule has 6 aromatic carbocycles. The zero-order chi connectivity index (χ0) is 36.1. The first-order valence-electron chi connectivity index (χ1n) is 17.8. The number of para-hydroxylation sites is 1. The Morgan fingerprint density at radius 3 is 1.96 bits per heavy atom. The van der Waals surface area contributed by atoms with E-state index in [0.29, 0.717) is 11.5 Å². The fourth-order valence-corrected chi connectivity index (χ4v) is 7.54. The summed E-state index contributed by atoms with van der Waals surface area (Å²) in [5, 5.41) is 7.38. The Morgan fingerprint density at radius 2 is 1.26 bits per heavy atom. The van der Waals surface area contributed by atoms with Gasteiger partial charge in [-0.1, -0.05) is 110 Å². The minimum Gasteiger partial charge on any atom is -0.509 e. The van der Waals surface area contributed by atoms with Gasteiger partial charge >= 0.3 is 20.4 Å². The second-order valence-corrected chi connectivity index (χ2v) is 13.6. The molecule has 0 saturated carbocycles. The molecular weight excluding hydrogens is 755 g/mol. The van der Waals surface area contributed by atoms with Crippen LogP contribution in [0.5, 0.6) is 11.5 Å². The van der Waals surface area contributed by atoms with Crippen molar-refractivity contribution in [3.8, 4) is 56.4 Å². The average molecular weight is 791 g/mol. The van der Waals surface area contributed by atoms with Crippen molar-refractivity contribution in [1.82, 2.24) is 19.3 Å². The predicted octanol–water partition coefficient (Wildman–Crippen LogP) is 12.0. The minimum absolute atomic E-state index is 0. The van der Waals surface area contributed by atoms with Gasteiger partial charge in [0.25, 0.3) is 0 Å². The van der Waals surface area contributed by atoms with Crippen molar-refractivity contribution in [2.75, 3.05) is 0 Å². The van der Waals surface area contributed by atoms with E-state index in [2.05, 4.69) is 166 Å². The van der Waals surface area contributed by atoms with Crippen molar-refractivity contribution in [1.29, 1.82) is 0 Å². The van der Waals surface area contributed by atoms with Crippen LogP contribution in [0.1, 0.15) is 22.5 Å². The first-order chi connectivity index (χ1) is 25.9. The Labute approximate surface area is 329 Å². The van der Waals surface area contributed by atoms with Crippen LogP contribution in [0.3, 0.4) is 0 Å². The Hall–Kier alpha value is -6.06. The molecule has 54 heavy (non-hydrogen) atoms. The van der Waals surface area contributed by atoms with Gasteiger partial charge in [0.15, 0.2) is 0 Å². The van der Waals surface area contributed by atoms with Gasteiger partial charge in [-0.15, -0.1) is 35.7 Å². The van der Waals surface area contributed by atoms with Crippen LogP contribution in [0, 0.1) is 39.8 Å². The van der Waals surface area contributed by atoms with E-state index in [4.69, 9.17) is 14.8 Å². The minimum atomic E-state index is 0. The van der Waals surface area contributed by atoms with E-state index in [-0.39, 0.29) is 20.4 Å². The Kier molecular flexibility index (Phi) is 9.33. The third-order valence-electron chi connectivity index (χ3n) is 9.88. The number of hydrogen-bond donors (Lipinski definition) is 0. The number of nitrogens with zero attached hydrogens (tertiary/aromatic N) is 4. The average Bonchev–Trinajstić information content (AvgIpc) is 3.67. The first-order valence-corrected chi connectivity index (χ1v) is 17.8. The Morgan fingerprint density at radius 1 is 0.574 bits per heavy atom. The van der Waals surface area contributed by atoms with Crippen molar-refractivity contribution in [3.63, 3.8) is 0 Å². The second kappa shape index (κ2) is 14.4. The van der Waals surface area contributed by atoms with Gasteiger partial charge < -0.3 is 9.30 Å².